The Morgan fingerprint density at radius 1 is 1.33 bits per heavy atom. The minimum absolute atomic E-state index is 0.00575. The van der Waals surface area contributed by atoms with E-state index in [2.05, 4.69) is 23.5 Å². The fourth-order valence-corrected chi connectivity index (χ4v) is 6.84. The van der Waals surface area contributed by atoms with Gasteiger partial charge in [-0.2, -0.15) is 0 Å². The normalized spacial score (nSPS) is 31.8. The largest absolute Gasteiger partial charge is 0.461 e. The number of carbonyl (C=O) groups excluding carboxylic acids is 3. The highest BCUT2D eigenvalue weighted by molar-refractivity contribution is 5.98. The molecule has 4 heterocycles. The van der Waals surface area contributed by atoms with Gasteiger partial charge < -0.3 is 24.4 Å². The summed E-state index contributed by atoms with van der Waals surface area (Å²) in [5.41, 5.74) is -0.804. The molecule has 1 N–H and O–H groups in total. The van der Waals surface area contributed by atoms with Crippen molar-refractivity contribution < 1.29 is 29.0 Å². The van der Waals surface area contributed by atoms with Crippen molar-refractivity contribution in [3.63, 3.8) is 0 Å². The van der Waals surface area contributed by atoms with Gasteiger partial charge in [0.2, 0.25) is 11.8 Å². The van der Waals surface area contributed by atoms with E-state index in [9.17, 15) is 19.5 Å². The Bertz CT molecular complexity index is 1330. The molecule has 3 aliphatic heterocycles. The van der Waals surface area contributed by atoms with Crippen molar-refractivity contribution in [2.45, 2.75) is 57.1 Å². The van der Waals surface area contributed by atoms with Crippen LogP contribution in [0.4, 0.5) is 0 Å². The molecule has 2 bridgehead atoms. The lowest BCUT2D eigenvalue weighted by atomic mass is 9.62. The van der Waals surface area contributed by atoms with Gasteiger partial charge in [0.05, 0.1) is 29.7 Å². The van der Waals surface area contributed by atoms with E-state index in [1.54, 1.807) is 22.6 Å². The number of aromatic nitrogens is 3. The predicted octanol–water partition coefficient (Wildman–Crippen LogP) is 1.52. The summed E-state index contributed by atoms with van der Waals surface area (Å²) in [5, 5.41) is 18.5. The molecule has 0 aliphatic carbocycles. The molecule has 11 heteroatoms. The smallest absolute Gasteiger partial charge is 0.313 e. The molecule has 0 saturated carbocycles. The van der Waals surface area contributed by atoms with E-state index < -0.39 is 47.0 Å². The van der Waals surface area contributed by atoms with Crippen molar-refractivity contribution in [2.75, 3.05) is 19.8 Å². The molecule has 3 aliphatic rings. The number of para-hydroxylation sites is 1. The Kier molecular flexibility index (Phi) is 6.84. The fourth-order valence-electron chi connectivity index (χ4n) is 6.84. The molecule has 1 aromatic carbocycles. The maximum Gasteiger partial charge on any atom is 0.313 e. The Balaban J connectivity index is 1.57. The molecular formula is C28H35N5O6. The highest BCUT2D eigenvalue weighted by Crippen LogP contribution is 2.65. The molecule has 2 aromatic rings. The van der Waals surface area contributed by atoms with E-state index in [1.165, 1.54) is 11.0 Å². The second kappa shape index (κ2) is 9.87. The maximum absolute atomic E-state index is 14.5. The van der Waals surface area contributed by atoms with Gasteiger partial charge in [-0.25, -0.2) is 4.68 Å². The summed E-state index contributed by atoms with van der Waals surface area (Å²) in [6, 6.07) is 5.68. The average molecular weight is 538 g/mol. The van der Waals surface area contributed by atoms with Gasteiger partial charge in [-0.15, -0.1) is 11.7 Å². The highest BCUT2D eigenvalue weighted by Gasteiger charge is 2.80. The summed E-state index contributed by atoms with van der Waals surface area (Å²) >= 11 is 0. The van der Waals surface area contributed by atoms with Gasteiger partial charge in [0.15, 0.2) is 0 Å². The van der Waals surface area contributed by atoms with Gasteiger partial charge in [0, 0.05) is 6.54 Å². The third-order valence-electron chi connectivity index (χ3n) is 8.71. The lowest BCUT2D eigenvalue weighted by Gasteiger charge is -2.38. The number of hydrogen-bond donors (Lipinski definition) is 1. The number of amides is 2. The summed E-state index contributed by atoms with van der Waals surface area (Å²) in [4.78, 5) is 44.9. The number of esters is 1. The number of hydrogen-bond acceptors (Lipinski definition) is 8. The number of fused-ring (bicyclic) bond motifs is 2. The fraction of sp³-hybridized carbons (Fsp3) is 0.536. The standard InChI is InChI=1S/C28H35N5O6/c1-6-12-31(16-32-20-11-9-8-10-19(20)29-30-32)25(36)23-28-14-17(3)27(5,39-28)22(26(37)38-13-7-2)21(28)24(35)33(23)18(4)15-34/h6-11,17-18,21-23,34H,1-2,12-16H2,3-5H3/t17?,18-,21+,22-,23?,27+,28?/m1/s1. The minimum Gasteiger partial charge on any atom is -0.461 e. The molecule has 0 radical (unpaired) electrons. The van der Waals surface area contributed by atoms with Gasteiger partial charge in [-0.1, -0.05) is 43.0 Å². The molecule has 3 fully saturated rings. The van der Waals surface area contributed by atoms with Crippen LogP contribution in [0.25, 0.3) is 11.0 Å². The van der Waals surface area contributed by atoms with Crippen LogP contribution in [0, 0.1) is 17.8 Å². The van der Waals surface area contributed by atoms with Crippen LogP contribution in [0.3, 0.4) is 0 Å². The summed E-state index contributed by atoms with van der Waals surface area (Å²) in [6.45, 7) is 12.8. The number of aliphatic hydroxyl groups is 1. The average Bonchev–Trinajstić information content (AvgIpc) is 3.59. The third-order valence-corrected chi connectivity index (χ3v) is 8.71. The highest BCUT2D eigenvalue weighted by atomic mass is 16.6. The Morgan fingerprint density at radius 2 is 2.08 bits per heavy atom. The molecule has 2 amide bonds. The minimum atomic E-state index is -1.26. The summed E-state index contributed by atoms with van der Waals surface area (Å²) in [7, 11) is 0. The molecule has 11 nitrogen and oxygen atoms in total. The van der Waals surface area contributed by atoms with E-state index in [0.717, 1.165) is 5.52 Å². The number of aliphatic hydroxyl groups excluding tert-OH is 1. The number of ether oxygens (including phenoxy) is 2. The van der Waals surface area contributed by atoms with Crippen LogP contribution in [0.15, 0.2) is 49.6 Å². The topological polar surface area (TPSA) is 127 Å². The van der Waals surface area contributed by atoms with E-state index in [-0.39, 0.29) is 38.3 Å². The first kappa shape index (κ1) is 27.0. The molecule has 3 saturated heterocycles. The predicted molar refractivity (Wildman–Crippen MR) is 141 cm³/mol. The number of rotatable bonds is 10. The molecule has 3 unspecified atom stereocenters. The Labute approximate surface area is 227 Å². The zero-order valence-corrected chi connectivity index (χ0v) is 22.5. The number of nitrogens with zero attached hydrogens (tertiary/aromatic N) is 5. The van der Waals surface area contributed by atoms with Crippen molar-refractivity contribution in [3.05, 3.63) is 49.6 Å². The van der Waals surface area contributed by atoms with Gasteiger partial charge in [-0.3, -0.25) is 14.4 Å². The second-order valence-electron chi connectivity index (χ2n) is 11.0. The summed E-state index contributed by atoms with van der Waals surface area (Å²) < 4.78 is 13.7. The quantitative estimate of drug-likeness (QED) is 0.357. The van der Waals surface area contributed by atoms with Crippen molar-refractivity contribution in [1.82, 2.24) is 24.8 Å². The van der Waals surface area contributed by atoms with Crippen LogP contribution in [0.1, 0.15) is 27.2 Å². The van der Waals surface area contributed by atoms with Crippen LogP contribution in [0.5, 0.6) is 0 Å². The first-order valence-corrected chi connectivity index (χ1v) is 13.2. The van der Waals surface area contributed by atoms with Crippen molar-refractivity contribution in [1.29, 1.82) is 0 Å². The van der Waals surface area contributed by atoms with Gasteiger partial charge in [0.1, 0.15) is 36.4 Å². The first-order chi connectivity index (χ1) is 18.6. The molecule has 5 rings (SSSR count). The number of likely N-dealkylation sites (tertiary alicyclic amines) is 1. The van der Waals surface area contributed by atoms with Crippen LogP contribution in [0.2, 0.25) is 0 Å². The molecule has 7 atom stereocenters. The van der Waals surface area contributed by atoms with Crippen LogP contribution in [-0.4, -0.2) is 90.7 Å². The van der Waals surface area contributed by atoms with Crippen LogP contribution < -0.4 is 0 Å². The molecular weight excluding hydrogens is 502 g/mol. The maximum atomic E-state index is 14.5. The van der Waals surface area contributed by atoms with Crippen molar-refractivity contribution in [2.24, 2.45) is 17.8 Å². The van der Waals surface area contributed by atoms with E-state index in [0.29, 0.717) is 11.9 Å². The SMILES string of the molecule is C=CCOC(=O)[C@H]1[C@H]2C(=O)N([C@H](C)CO)C(C(=O)N(CC=C)Cn3nnc4ccccc43)C23CC(C)[C@]1(C)O3. The van der Waals surface area contributed by atoms with E-state index in [4.69, 9.17) is 9.47 Å². The van der Waals surface area contributed by atoms with Crippen molar-refractivity contribution >= 4 is 28.8 Å². The number of carbonyl (C=O) groups is 3. The zero-order chi connectivity index (χ0) is 28.1. The van der Waals surface area contributed by atoms with Gasteiger partial charge in [0.25, 0.3) is 0 Å². The van der Waals surface area contributed by atoms with Gasteiger partial charge >= 0.3 is 5.97 Å². The van der Waals surface area contributed by atoms with E-state index >= 15 is 0 Å². The van der Waals surface area contributed by atoms with Crippen LogP contribution >= 0.6 is 0 Å². The molecule has 39 heavy (non-hydrogen) atoms. The third kappa shape index (κ3) is 3.89. The Morgan fingerprint density at radius 3 is 2.77 bits per heavy atom. The van der Waals surface area contributed by atoms with Gasteiger partial charge in [-0.05, 0) is 38.3 Å². The summed E-state index contributed by atoms with van der Waals surface area (Å²) in [5.74, 6) is -3.26. The lowest BCUT2D eigenvalue weighted by Crippen LogP contribution is -2.58. The number of benzene rings is 1. The van der Waals surface area contributed by atoms with Crippen molar-refractivity contribution in [3.8, 4) is 0 Å². The second-order valence-corrected chi connectivity index (χ2v) is 11.0. The Hall–Kier alpha value is -3.57. The lowest BCUT2D eigenvalue weighted by molar-refractivity contribution is -0.163. The molecule has 1 spiro atoms. The summed E-state index contributed by atoms with van der Waals surface area (Å²) in [6.07, 6.45) is 3.48. The zero-order valence-electron chi connectivity index (χ0n) is 22.5. The monoisotopic (exact) mass is 537 g/mol. The van der Waals surface area contributed by atoms with E-state index in [1.807, 2.05) is 38.1 Å². The molecule has 1 aromatic heterocycles. The van der Waals surface area contributed by atoms with Crippen LogP contribution in [-0.2, 0) is 30.5 Å². The first-order valence-electron chi connectivity index (χ1n) is 13.2. The molecule has 208 valence electrons.